The number of hydrogen-bond acceptors (Lipinski definition) is 4. The lowest BCUT2D eigenvalue weighted by molar-refractivity contribution is 0.1000. The summed E-state index contributed by atoms with van der Waals surface area (Å²) in [7, 11) is -0.812. The molecule has 2 N–H and O–H groups in total. The Bertz CT molecular complexity index is 785. The molecule has 0 saturated heterocycles. The van der Waals surface area contributed by atoms with Crippen LogP contribution in [-0.2, 0) is 10.0 Å². The van der Waals surface area contributed by atoms with E-state index in [1.165, 1.54) is 38.4 Å². The number of nitrogens with zero attached hydrogens (tertiary/aromatic N) is 1. The Hall–Kier alpha value is -2.54. The average molecular weight is 320 g/mol. The lowest BCUT2D eigenvalue weighted by atomic mass is 10.2. The summed E-state index contributed by atoms with van der Waals surface area (Å²) < 4.78 is 31.4. The number of ether oxygens (including phenoxy) is 1. The molecule has 7 heteroatoms. The van der Waals surface area contributed by atoms with Crippen molar-refractivity contribution in [2.75, 3.05) is 18.5 Å². The average Bonchev–Trinajstić information content (AvgIpc) is 2.54. The number of carbonyl (C=O) groups is 1. The second-order valence-corrected chi connectivity index (χ2v) is 6.53. The highest BCUT2D eigenvalue weighted by Crippen LogP contribution is 2.24. The van der Waals surface area contributed by atoms with E-state index in [2.05, 4.69) is 0 Å². The highest BCUT2D eigenvalue weighted by molar-refractivity contribution is 7.92. The third-order valence-electron chi connectivity index (χ3n) is 3.21. The van der Waals surface area contributed by atoms with Crippen LogP contribution in [0, 0.1) is 0 Å². The molecule has 0 aliphatic carbocycles. The van der Waals surface area contributed by atoms with E-state index < -0.39 is 15.9 Å². The van der Waals surface area contributed by atoms with Gasteiger partial charge in [-0.1, -0.05) is 6.07 Å². The third-order valence-corrected chi connectivity index (χ3v) is 4.99. The summed E-state index contributed by atoms with van der Waals surface area (Å²) in [5.74, 6) is -0.0468. The molecule has 0 aromatic heterocycles. The largest absolute Gasteiger partial charge is 0.497 e. The van der Waals surface area contributed by atoms with E-state index in [1.807, 2.05) is 0 Å². The van der Waals surface area contributed by atoms with Crippen LogP contribution in [0.25, 0.3) is 0 Å². The Morgan fingerprint density at radius 1 is 1.14 bits per heavy atom. The first kappa shape index (κ1) is 15.8. The van der Waals surface area contributed by atoms with Crippen LogP contribution in [0.4, 0.5) is 5.69 Å². The Kier molecular flexibility index (Phi) is 4.37. The number of carbonyl (C=O) groups excluding carboxylic acids is 1. The third kappa shape index (κ3) is 3.04. The minimum Gasteiger partial charge on any atom is -0.497 e. The van der Waals surface area contributed by atoms with Gasteiger partial charge in [-0.25, -0.2) is 8.42 Å². The van der Waals surface area contributed by atoms with Crippen molar-refractivity contribution in [3.63, 3.8) is 0 Å². The molecule has 2 rings (SSSR count). The minimum atomic E-state index is -3.78. The molecule has 2 aromatic rings. The number of methoxy groups -OCH3 is 1. The normalized spacial score (nSPS) is 11.0. The number of sulfonamides is 1. The van der Waals surface area contributed by atoms with Crippen LogP contribution >= 0.6 is 0 Å². The first-order chi connectivity index (χ1) is 10.4. The number of anilines is 1. The van der Waals surface area contributed by atoms with Gasteiger partial charge in [-0.2, -0.15) is 0 Å². The van der Waals surface area contributed by atoms with E-state index in [-0.39, 0.29) is 10.5 Å². The molecule has 0 aliphatic heterocycles. The highest BCUT2D eigenvalue weighted by Gasteiger charge is 2.22. The molecular weight excluding hydrogens is 304 g/mol. The Morgan fingerprint density at radius 2 is 1.77 bits per heavy atom. The molecule has 0 unspecified atom stereocenters. The molecule has 0 atom stereocenters. The van der Waals surface area contributed by atoms with Crippen molar-refractivity contribution < 1.29 is 17.9 Å². The van der Waals surface area contributed by atoms with E-state index in [0.29, 0.717) is 11.4 Å². The van der Waals surface area contributed by atoms with Gasteiger partial charge >= 0.3 is 0 Å². The monoisotopic (exact) mass is 320 g/mol. The van der Waals surface area contributed by atoms with Crippen molar-refractivity contribution in [2.24, 2.45) is 5.73 Å². The zero-order chi connectivity index (χ0) is 16.3. The Morgan fingerprint density at radius 3 is 2.32 bits per heavy atom. The van der Waals surface area contributed by atoms with Crippen LogP contribution in [0.2, 0.25) is 0 Å². The van der Waals surface area contributed by atoms with Crippen molar-refractivity contribution in [3.05, 3.63) is 54.1 Å². The number of nitrogens with two attached hydrogens (primary N) is 1. The Labute approximate surface area is 129 Å². The fourth-order valence-corrected chi connectivity index (χ4v) is 3.14. The standard InChI is InChI=1S/C15H16N2O4S/c1-17(12-6-8-13(21-2)9-7-12)22(19,20)14-5-3-4-11(10-14)15(16)18/h3-10H,1-2H3,(H2,16,18). The van der Waals surface area contributed by atoms with Crippen LogP contribution in [-0.4, -0.2) is 28.5 Å². The topological polar surface area (TPSA) is 89.7 Å². The summed E-state index contributed by atoms with van der Waals surface area (Å²) in [6.07, 6.45) is 0. The summed E-state index contributed by atoms with van der Waals surface area (Å²) in [6, 6.07) is 12.2. The van der Waals surface area contributed by atoms with Crippen molar-refractivity contribution in [1.82, 2.24) is 0 Å². The van der Waals surface area contributed by atoms with Crippen LogP contribution in [0.1, 0.15) is 10.4 Å². The lowest BCUT2D eigenvalue weighted by Gasteiger charge is -2.20. The number of amides is 1. The van der Waals surface area contributed by atoms with Gasteiger partial charge in [-0.3, -0.25) is 9.10 Å². The first-order valence-electron chi connectivity index (χ1n) is 6.39. The number of primary amides is 1. The molecule has 0 radical (unpaired) electrons. The zero-order valence-electron chi connectivity index (χ0n) is 12.2. The van der Waals surface area contributed by atoms with E-state index in [9.17, 15) is 13.2 Å². The second kappa shape index (κ2) is 6.07. The quantitative estimate of drug-likeness (QED) is 0.906. The Balaban J connectivity index is 2.40. The molecule has 22 heavy (non-hydrogen) atoms. The number of hydrogen-bond donors (Lipinski definition) is 1. The number of rotatable bonds is 5. The summed E-state index contributed by atoms with van der Waals surface area (Å²) in [5.41, 5.74) is 5.80. The predicted molar refractivity (Wildman–Crippen MR) is 83.5 cm³/mol. The van der Waals surface area contributed by atoms with Crippen LogP contribution < -0.4 is 14.8 Å². The van der Waals surface area contributed by atoms with E-state index in [0.717, 1.165) is 4.31 Å². The molecule has 1 amide bonds. The van der Waals surface area contributed by atoms with E-state index >= 15 is 0 Å². The molecule has 0 spiro atoms. The SMILES string of the molecule is COc1ccc(N(C)S(=O)(=O)c2cccc(C(N)=O)c2)cc1. The number of benzene rings is 2. The van der Waals surface area contributed by atoms with Gasteiger partial charge in [0.1, 0.15) is 5.75 Å². The molecule has 6 nitrogen and oxygen atoms in total. The van der Waals surface area contributed by atoms with Crippen molar-refractivity contribution in [1.29, 1.82) is 0 Å². The molecule has 116 valence electrons. The maximum atomic E-state index is 12.6. The molecule has 0 aliphatic rings. The molecular formula is C15H16N2O4S. The molecule has 2 aromatic carbocycles. The fourth-order valence-electron chi connectivity index (χ4n) is 1.90. The summed E-state index contributed by atoms with van der Waals surface area (Å²) in [5, 5.41) is 0. The van der Waals surface area contributed by atoms with Gasteiger partial charge in [0.2, 0.25) is 5.91 Å². The van der Waals surface area contributed by atoms with Gasteiger partial charge in [-0.15, -0.1) is 0 Å². The maximum absolute atomic E-state index is 12.6. The zero-order valence-corrected chi connectivity index (χ0v) is 13.0. The summed E-state index contributed by atoms with van der Waals surface area (Å²) in [6.45, 7) is 0. The maximum Gasteiger partial charge on any atom is 0.264 e. The van der Waals surface area contributed by atoms with Crippen molar-refractivity contribution in [3.8, 4) is 5.75 Å². The van der Waals surface area contributed by atoms with E-state index in [4.69, 9.17) is 10.5 Å². The van der Waals surface area contributed by atoms with Gasteiger partial charge < -0.3 is 10.5 Å². The van der Waals surface area contributed by atoms with Crippen LogP contribution in [0.5, 0.6) is 5.75 Å². The van der Waals surface area contributed by atoms with Gasteiger partial charge in [-0.05, 0) is 42.5 Å². The molecule has 0 heterocycles. The second-order valence-electron chi connectivity index (χ2n) is 4.56. The van der Waals surface area contributed by atoms with Gasteiger partial charge in [0.05, 0.1) is 17.7 Å². The van der Waals surface area contributed by atoms with Crippen LogP contribution in [0.15, 0.2) is 53.4 Å². The van der Waals surface area contributed by atoms with Gasteiger partial charge in [0.15, 0.2) is 0 Å². The molecule has 0 fully saturated rings. The minimum absolute atomic E-state index is 0.00196. The van der Waals surface area contributed by atoms with E-state index in [1.54, 1.807) is 24.3 Å². The highest BCUT2D eigenvalue weighted by atomic mass is 32.2. The van der Waals surface area contributed by atoms with Gasteiger partial charge in [0, 0.05) is 12.6 Å². The summed E-state index contributed by atoms with van der Waals surface area (Å²) >= 11 is 0. The van der Waals surface area contributed by atoms with Crippen molar-refractivity contribution in [2.45, 2.75) is 4.90 Å². The smallest absolute Gasteiger partial charge is 0.264 e. The van der Waals surface area contributed by atoms with Crippen molar-refractivity contribution >= 4 is 21.6 Å². The molecule has 0 bridgehead atoms. The molecule has 0 saturated carbocycles. The first-order valence-corrected chi connectivity index (χ1v) is 7.83. The van der Waals surface area contributed by atoms with Gasteiger partial charge in [0.25, 0.3) is 10.0 Å². The predicted octanol–water partition coefficient (Wildman–Crippen LogP) is 1.62. The summed E-state index contributed by atoms with van der Waals surface area (Å²) in [4.78, 5) is 11.2. The van der Waals surface area contributed by atoms with Crippen LogP contribution in [0.3, 0.4) is 0 Å². The fraction of sp³-hybridized carbons (Fsp3) is 0.133. The lowest BCUT2D eigenvalue weighted by Crippen LogP contribution is -2.26.